The van der Waals surface area contributed by atoms with Crippen molar-refractivity contribution in [2.24, 2.45) is 0 Å². The van der Waals surface area contributed by atoms with Gasteiger partial charge in [0, 0.05) is 25.7 Å². The molecule has 620 valence electrons. The highest BCUT2D eigenvalue weighted by Gasteiger charge is 2.30. The van der Waals surface area contributed by atoms with E-state index >= 15 is 0 Å². The maximum atomic E-state index is 13.1. The molecule has 19 heteroatoms. The minimum absolute atomic E-state index is 0.0187. The van der Waals surface area contributed by atoms with Gasteiger partial charge in [0.05, 0.1) is 26.4 Å². The molecule has 5 atom stereocenters. The molecule has 0 aliphatic rings. The van der Waals surface area contributed by atoms with Gasteiger partial charge in [-0.15, -0.1) is 0 Å². The fraction of sp³-hybridized carbons (Fsp3) is 0.582. The number of allylic oxidation sites excluding steroid dienone is 34. The van der Waals surface area contributed by atoms with Crippen LogP contribution in [0.1, 0.15) is 285 Å². The summed E-state index contributed by atoms with van der Waals surface area (Å²) < 4.78 is 68.5. The summed E-state index contributed by atoms with van der Waals surface area (Å²) in [6.45, 7) is 4.30. The summed E-state index contributed by atoms with van der Waals surface area (Å²) in [5.74, 6) is -2.43. The van der Waals surface area contributed by atoms with Gasteiger partial charge in [-0.3, -0.25) is 37.3 Å². The first-order valence-corrected chi connectivity index (χ1v) is 44.3. The second-order valence-electron chi connectivity index (χ2n) is 26.6. The number of carbonyl (C=O) groups excluding carboxylic acids is 4. The van der Waals surface area contributed by atoms with Crippen molar-refractivity contribution in [1.82, 2.24) is 0 Å². The monoisotopic (exact) mass is 1570 g/mol. The van der Waals surface area contributed by atoms with Crippen LogP contribution in [0.2, 0.25) is 0 Å². The largest absolute Gasteiger partial charge is 0.472 e. The topological polar surface area (TPSA) is 237 Å². The lowest BCUT2D eigenvalue weighted by molar-refractivity contribution is -0.161. The van der Waals surface area contributed by atoms with E-state index in [1.54, 1.807) is 0 Å². The summed E-state index contributed by atoms with van der Waals surface area (Å²) in [4.78, 5) is 73.1. The second-order valence-corrected chi connectivity index (χ2v) is 29.5. The molecule has 0 heterocycles. The van der Waals surface area contributed by atoms with Crippen molar-refractivity contribution in [3.8, 4) is 0 Å². The number of carbonyl (C=O) groups is 4. The average molecular weight is 1570 g/mol. The second kappa shape index (κ2) is 80.7. The zero-order valence-electron chi connectivity index (χ0n) is 67.8. The number of phosphoric ester groups is 2. The molecule has 0 aromatic rings. The standard InChI is InChI=1S/C91H144O17P2/c1-5-9-13-17-21-25-29-33-36-39-42-45-48-52-55-59-63-67-71-75-88(93)101-81-86(107-90(95)77-73-69-65-61-57-51-32-28-24-20-16-12-8-4)83-105-109(97,98)103-79-85(92)80-104-110(99,100)106-84-87(108-91(96)78-74-70-66-62-58-54-50-47-44-41-38-35-31-27-23-19-15-11-7-3)82-102-89(94)76-72-68-64-60-56-53-49-46-43-40-37-34-30-26-22-18-14-10-6-2/h9-11,13-15,21-23,25-27,33-38,42-47,52-56,58,63-64,67-68,85-87,92H,5-8,12,16-20,24,28-32,39-41,48-51,57,59-62,65-66,69-84H2,1-4H3,(H,97,98)(H,99,100)/b13-9-,14-10-,15-11-,25-21-,26-22-,27-23-,36-33-,37-34-,38-35-,45-42-,46-43-,47-44-,55-52-,56-53-,58-54-,67-63-,68-64-. The molecule has 3 N–H and O–H groups in total. The number of aliphatic hydroxyl groups excluding tert-OH is 1. The summed E-state index contributed by atoms with van der Waals surface area (Å²) in [7, 11) is -10.0. The zero-order chi connectivity index (χ0) is 80.3. The quantitative estimate of drug-likeness (QED) is 0.0169. The van der Waals surface area contributed by atoms with Crippen molar-refractivity contribution in [3.63, 3.8) is 0 Å². The third kappa shape index (κ3) is 79.7. The Labute approximate surface area is 665 Å². The van der Waals surface area contributed by atoms with Crippen molar-refractivity contribution in [2.75, 3.05) is 39.6 Å². The number of ether oxygens (including phenoxy) is 4. The van der Waals surface area contributed by atoms with E-state index in [-0.39, 0.29) is 25.7 Å². The van der Waals surface area contributed by atoms with Gasteiger partial charge in [-0.05, 0) is 148 Å². The number of phosphoric acid groups is 2. The van der Waals surface area contributed by atoms with E-state index < -0.39 is 97.5 Å². The molecule has 0 aromatic heterocycles. The third-order valence-electron chi connectivity index (χ3n) is 16.3. The van der Waals surface area contributed by atoms with E-state index in [0.717, 1.165) is 141 Å². The van der Waals surface area contributed by atoms with Crippen molar-refractivity contribution >= 4 is 39.5 Å². The molecular weight excluding hydrogens is 1430 g/mol. The van der Waals surface area contributed by atoms with Gasteiger partial charge in [0.15, 0.2) is 12.2 Å². The number of rotatable bonds is 75. The Morgan fingerprint density at radius 1 is 0.264 bits per heavy atom. The van der Waals surface area contributed by atoms with Crippen LogP contribution in [-0.2, 0) is 65.4 Å². The lowest BCUT2D eigenvalue weighted by atomic mass is 10.0. The molecule has 0 rings (SSSR count). The molecule has 0 radical (unpaired) electrons. The minimum Gasteiger partial charge on any atom is -0.462 e. The molecule has 0 bridgehead atoms. The molecule has 0 amide bonds. The predicted octanol–water partition coefficient (Wildman–Crippen LogP) is 24.7. The Kier molecular flexibility index (Phi) is 76.0. The molecule has 0 aliphatic heterocycles. The van der Waals surface area contributed by atoms with Gasteiger partial charge >= 0.3 is 39.5 Å². The summed E-state index contributed by atoms with van der Waals surface area (Å²) >= 11 is 0. The lowest BCUT2D eigenvalue weighted by Gasteiger charge is -2.21. The highest BCUT2D eigenvalue weighted by atomic mass is 31.2. The van der Waals surface area contributed by atoms with E-state index in [0.29, 0.717) is 38.5 Å². The van der Waals surface area contributed by atoms with Gasteiger partial charge in [-0.2, -0.15) is 0 Å². The van der Waals surface area contributed by atoms with E-state index in [9.17, 15) is 43.2 Å². The number of hydrogen-bond acceptors (Lipinski definition) is 15. The normalized spacial score (nSPS) is 14.9. The number of esters is 4. The molecule has 0 saturated heterocycles. The summed E-state index contributed by atoms with van der Waals surface area (Å²) in [6.07, 6.45) is 101. The first-order chi connectivity index (χ1) is 53.7. The van der Waals surface area contributed by atoms with E-state index in [1.807, 2.05) is 36.5 Å². The van der Waals surface area contributed by atoms with Gasteiger partial charge < -0.3 is 33.8 Å². The van der Waals surface area contributed by atoms with Crippen LogP contribution >= 0.6 is 15.6 Å². The zero-order valence-corrected chi connectivity index (χ0v) is 69.6. The minimum atomic E-state index is -5.02. The Morgan fingerprint density at radius 3 is 0.764 bits per heavy atom. The Bertz CT molecular complexity index is 2900. The molecule has 17 nitrogen and oxygen atoms in total. The maximum absolute atomic E-state index is 13.1. The highest BCUT2D eigenvalue weighted by Crippen LogP contribution is 2.45. The molecule has 0 aromatic carbocycles. The van der Waals surface area contributed by atoms with Gasteiger partial charge in [0.25, 0.3) is 0 Å². The average Bonchev–Trinajstić information content (AvgIpc) is 0.900. The molecule has 0 fully saturated rings. The maximum Gasteiger partial charge on any atom is 0.472 e. The van der Waals surface area contributed by atoms with Crippen molar-refractivity contribution in [3.05, 3.63) is 207 Å². The van der Waals surface area contributed by atoms with Gasteiger partial charge in [0.1, 0.15) is 19.3 Å². The van der Waals surface area contributed by atoms with Crippen molar-refractivity contribution in [2.45, 2.75) is 303 Å². The van der Waals surface area contributed by atoms with Gasteiger partial charge in [-0.1, -0.05) is 318 Å². The molecule has 0 aliphatic carbocycles. The van der Waals surface area contributed by atoms with Crippen molar-refractivity contribution < 1.29 is 80.2 Å². The van der Waals surface area contributed by atoms with Crippen LogP contribution in [0, 0.1) is 0 Å². The highest BCUT2D eigenvalue weighted by molar-refractivity contribution is 7.47. The van der Waals surface area contributed by atoms with Crippen LogP contribution in [0.3, 0.4) is 0 Å². The third-order valence-corrected chi connectivity index (χ3v) is 18.2. The van der Waals surface area contributed by atoms with Crippen LogP contribution in [-0.4, -0.2) is 96.7 Å². The van der Waals surface area contributed by atoms with Crippen LogP contribution < -0.4 is 0 Å². The van der Waals surface area contributed by atoms with Crippen LogP contribution in [0.15, 0.2) is 207 Å². The smallest absolute Gasteiger partial charge is 0.462 e. The summed E-state index contributed by atoms with van der Waals surface area (Å²) in [6, 6.07) is 0. The molecule has 0 saturated carbocycles. The van der Waals surface area contributed by atoms with E-state index in [4.69, 9.17) is 37.0 Å². The first-order valence-electron chi connectivity index (χ1n) is 41.3. The number of unbranched alkanes of at least 4 members (excludes halogenated alkanes) is 15. The molecule has 110 heavy (non-hydrogen) atoms. The van der Waals surface area contributed by atoms with Crippen LogP contribution in [0.4, 0.5) is 0 Å². The van der Waals surface area contributed by atoms with Crippen LogP contribution in [0.5, 0.6) is 0 Å². The lowest BCUT2D eigenvalue weighted by Crippen LogP contribution is -2.30. The molecule has 5 unspecified atom stereocenters. The first kappa shape index (κ1) is 104. The molecular formula is C91H144O17P2. The summed E-state index contributed by atoms with van der Waals surface area (Å²) in [5, 5.41) is 10.7. The van der Waals surface area contributed by atoms with Gasteiger partial charge in [0.2, 0.25) is 0 Å². The Balaban J connectivity index is 5.55. The number of aliphatic hydroxyl groups is 1. The van der Waals surface area contributed by atoms with E-state index in [1.165, 1.54) is 51.4 Å². The van der Waals surface area contributed by atoms with E-state index in [2.05, 4.69) is 198 Å². The SMILES string of the molecule is CC/C=C\C/C=C\C/C=C\C/C=C\C/C=C\C/C=C\CCC(=O)OCC(COP(=O)(O)OCC(O)COP(=O)(O)OCC(COC(=O)CC/C=C\C/C=C\C/C=C\C/C=C\C/C=C\C/C=C\CC)OC(=O)CCCCCCCCCCCCCCC)OC(=O)CCCCC/C=C\C/C=C\C/C=C\C/C=C\C/C=C\CC. The summed E-state index contributed by atoms with van der Waals surface area (Å²) in [5.41, 5.74) is 0. The number of hydrogen-bond donors (Lipinski definition) is 3. The molecule has 0 spiro atoms. The Hall–Kier alpha value is -6.36. The van der Waals surface area contributed by atoms with Gasteiger partial charge in [-0.25, -0.2) is 9.13 Å². The van der Waals surface area contributed by atoms with Crippen molar-refractivity contribution in [1.29, 1.82) is 0 Å². The fourth-order valence-corrected chi connectivity index (χ4v) is 11.7. The predicted molar refractivity (Wildman–Crippen MR) is 454 cm³/mol. The Morgan fingerprint density at radius 2 is 0.491 bits per heavy atom. The fourth-order valence-electron chi connectivity index (χ4n) is 10.1. The van der Waals surface area contributed by atoms with Crippen LogP contribution in [0.25, 0.3) is 0 Å².